The van der Waals surface area contributed by atoms with E-state index in [1.54, 1.807) is 0 Å². The zero-order valence-corrected chi connectivity index (χ0v) is 17.1. The Morgan fingerprint density at radius 1 is 1.04 bits per heavy atom. The van der Waals surface area contributed by atoms with E-state index in [1.165, 1.54) is 38.5 Å². The Hall–Kier alpha value is -0.0100. The number of hydrogen-bond acceptors (Lipinski definition) is 5. The number of quaternary nitrogens is 1. The minimum Gasteiger partial charge on any atom is -0.756 e. The second-order valence-corrected chi connectivity index (χ2v) is 8.54. The fourth-order valence-corrected chi connectivity index (χ4v) is 2.99. The number of unbranched alkanes of at least 4 members (excludes halogenated alkanes) is 7. The van der Waals surface area contributed by atoms with E-state index in [4.69, 9.17) is 9.63 Å². The van der Waals surface area contributed by atoms with Crippen LogP contribution in [0.3, 0.4) is 0 Å². The summed E-state index contributed by atoms with van der Waals surface area (Å²) in [7, 11) is -0.954. The summed E-state index contributed by atoms with van der Waals surface area (Å²) in [5.41, 5.74) is 0. The van der Waals surface area contributed by atoms with Crippen LogP contribution >= 0.6 is 7.82 Å². The lowest BCUT2D eigenvalue weighted by atomic mass is 10.1. The zero-order valence-electron chi connectivity index (χ0n) is 16.2. The van der Waals surface area contributed by atoms with E-state index in [9.17, 15) is 14.6 Å². The number of likely N-dealkylation sites (N-methyl/N-ethyl adjacent to an activating group) is 1. The van der Waals surface area contributed by atoms with Crippen molar-refractivity contribution in [2.45, 2.75) is 64.4 Å². The van der Waals surface area contributed by atoms with Crippen molar-refractivity contribution in [2.75, 3.05) is 47.0 Å². The van der Waals surface area contributed by atoms with E-state index in [1.807, 2.05) is 14.1 Å². The summed E-state index contributed by atoms with van der Waals surface area (Å²) in [4.78, 5) is 19.1. The molecule has 2 atom stereocenters. The van der Waals surface area contributed by atoms with Crippen LogP contribution in [0.2, 0.25) is 0 Å². The van der Waals surface area contributed by atoms with Gasteiger partial charge in [0.1, 0.15) is 25.8 Å². The van der Waals surface area contributed by atoms with Gasteiger partial charge in [-0.05, 0) is 6.42 Å². The molecule has 0 aromatic rings. The van der Waals surface area contributed by atoms with Crippen LogP contribution in [-0.4, -0.2) is 67.6 Å². The molecule has 2 N–H and O–H groups in total. The Morgan fingerprint density at radius 3 is 2.16 bits per heavy atom. The van der Waals surface area contributed by atoms with Crippen molar-refractivity contribution in [1.29, 1.82) is 0 Å². The second kappa shape index (κ2) is 14.1. The summed E-state index contributed by atoms with van der Waals surface area (Å²) >= 11 is 0. The van der Waals surface area contributed by atoms with E-state index in [0.29, 0.717) is 24.2 Å². The van der Waals surface area contributed by atoms with Gasteiger partial charge >= 0.3 is 0 Å². The number of ether oxygens (including phenoxy) is 1. The maximum Gasteiger partial charge on any atom is 0.265 e. The summed E-state index contributed by atoms with van der Waals surface area (Å²) < 4.78 is 20.8. The maximum atomic E-state index is 10.5. The van der Waals surface area contributed by atoms with E-state index >= 15 is 0 Å². The van der Waals surface area contributed by atoms with Crippen molar-refractivity contribution in [2.24, 2.45) is 0 Å². The third-order valence-electron chi connectivity index (χ3n) is 4.11. The lowest BCUT2D eigenvalue weighted by Gasteiger charge is -2.32. The second-order valence-electron chi connectivity index (χ2n) is 7.35. The predicted molar refractivity (Wildman–Crippen MR) is 97.1 cm³/mol. The van der Waals surface area contributed by atoms with Crippen molar-refractivity contribution in [3.63, 3.8) is 0 Å². The van der Waals surface area contributed by atoms with Crippen molar-refractivity contribution in [1.82, 2.24) is 0 Å². The first-order chi connectivity index (χ1) is 11.7. The van der Waals surface area contributed by atoms with Crippen molar-refractivity contribution in [3.8, 4) is 0 Å². The Kier molecular flexibility index (Phi) is 14.1. The monoisotopic (exact) mass is 383 g/mol. The standard InChI is InChI=1S/C17H38NO6P/c1-4-5-6-7-8-9-10-11-13-23-16-17(19)15-18(2,3)12-14-24-25(20,21)22/h17,19H,4-16H2,1-3H3,(H-,20,21,22). The summed E-state index contributed by atoms with van der Waals surface area (Å²) in [5.74, 6) is 0. The molecule has 0 bridgehead atoms. The SMILES string of the molecule is CCCCCCCCCCOCC(O)C[N+](C)(C)CCOP(=O)([O-])O. The Bertz CT molecular complexity index is 361. The molecule has 0 saturated heterocycles. The lowest BCUT2D eigenvalue weighted by molar-refractivity contribution is -0.893. The van der Waals surface area contributed by atoms with Gasteiger partial charge in [0, 0.05) is 6.61 Å². The zero-order chi connectivity index (χ0) is 19.2. The molecule has 0 saturated carbocycles. The Morgan fingerprint density at radius 2 is 1.60 bits per heavy atom. The van der Waals surface area contributed by atoms with Gasteiger partial charge in [-0.15, -0.1) is 0 Å². The number of aliphatic hydroxyl groups is 1. The third kappa shape index (κ3) is 18.6. The average Bonchev–Trinajstić information content (AvgIpc) is 2.47. The highest BCUT2D eigenvalue weighted by Gasteiger charge is 2.21. The van der Waals surface area contributed by atoms with Crippen LogP contribution in [0.4, 0.5) is 0 Å². The first kappa shape index (κ1) is 25.0. The predicted octanol–water partition coefficient (Wildman–Crippen LogP) is 2.06. The molecule has 0 fully saturated rings. The smallest absolute Gasteiger partial charge is 0.265 e. The van der Waals surface area contributed by atoms with Crippen molar-refractivity contribution < 1.29 is 33.2 Å². The van der Waals surface area contributed by atoms with E-state index in [2.05, 4.69) is 11.4 Å². The molecule has 0 aliphatic heterocycles. The van der Waals surface area contributed by atoms with Crippen LogP contribution < -0.4 is 4.89 Å². The quantitative estimate of drug-likeness (QED) is 0.227. The van der Waals surface area contributed by atoms with Gasteiger partial charge in [-0.25, -0.2) is 0 Å². The Labute approximate surface area is 153 Å². The summed E-state index contributed by atoms with van der Waals surface area (Å²) in [5, 5.41) is 10.0. The molecule has 0 aromatic heterocycles. The highest BCUT2D eigenvalue weighted by atomic mass is 31.2. The largest absolute Gasteiger partial charge is 0.756 e. The number of phosphoric acid groups is 1. The molecule has 0 heterocycles. The van der Waals surface area contributed by atoms with Gasteiger partial charge in [-0.3, -0.25) is 4.57 Å². The van der Waals surface area contributed by atoms with Gasteiger partial charge in [0.25, 0.3) is 7.82 Å². The topological polar surface area (TPSA) is 99.0 Å². The minimum absolute atomic E-state index is 0.115. The molecule has 0 aliphatic rings. The van der Waals surface area contributed by atoms with Crippen molar-refractivity contribution >= 4 is 7.82 Å². The van der Waals surface area contributed by atoms with Crippen LogP contribution in [0.15, 0.2) is 0 Å². The van der Waals surface area contributed by atoms with Crippen LogP contribution in [0.25, 0.3) is 0 Å². The molecular weight excluding hydrogens is 345 g/mol. The highest BCUT2D eigenvalue weighted by molar-refractivity contribution is 7.44. The third-order valence-corrected chi connectivity index (χ3v) is 4.62. The molecule has 8 heteroatoms. The van der Waals surface area contributed by atoms with Gasteiger partial charge in [0.05, 0.1) is 20.7 Å². The van der Waals surface area contributed by atoms with Crippen LogP contribution in [0.1, 0.15) is 58.3 Å². The van der Waals surface area contributed by atoms with Gasteiger partial charge in [0.2, 0.25) is 0 Å². The fraction of sp³-hybridized carbons (Fsp3) is 1.00. The molecule has 0 rings (SSSR count). The average molecular weight is 383 g/mol. The molecule has 0 aromatic carbocycles. The van der Waals surface area contributed by atoms with Gasteiger partial charge in [-0.2, -0.15) is 0 Å². The molecule has 2 unspecified atom stereocenters. The van der Waals surface area contributed by atoms with E-state index in [-0.39, 0.29) is 13.2 Å². The van der Waals surface area contributed by atoms with Gasteiger partial charge in [0.15, 0.2) is 0 Å². The molecule has 7 nitrogen and oxygen atoms in total. The first-order valence-electron chi connectivity index (χ1n) is 9.42. The molecule has 0 amide bonds. The van der Waals surface area contributed by atoms with Crippen molar-refractivity contribution in [3.05, 3.63) is 0 Å². The molecule has 25 heavy (non-hydrogen) atoms. The molecule has 0 aliphatic carbocycles. The maximum absolute atomic E-state index is 10.5. The number of hydrogen-bond donors (Lipinski definition) is 2. The molecule has 0 radical (unpaired) electrons. The summed E-state index contributed by atoms with van der Waals surface area (Å²) in [6, 6.07) is 0. The van der Waals surface area contributed by atoms with E-state index < -0.39 is 13.9 Å². The highest BCUT2D eigenvalue weighted by Crippen LogP contribution is 2.29. The lowest BCUT2D eigenvalue weighted by Crippen LogP contribution is -2.48. The number of rotatable bonds is 17. The van der Waals surface area contributed by atoms with Crippen LogP contribution in [0.5, 0.6) is 0 Å². The van der Waals surface area contributed by atoms with Crippen LogP contribution in [-0.2, 0) is 13.8 Å². The number of nitrogens with zero attached hydrogens (tertiary/aromatic N) is 1. The van der Waals surface area contributed by atoms with Crippen LogP contribution in [0, 0.1) is 0 Å². The fourth-order valence-electron chi connectivity index (χ4n) is 2.68. The molecule has 152 valence electrons. The van der Waals surface area contributed by atoms with Gasteiger partial charge < -0.3 is 28.6 Å². The normalized spacial score (nSPS) is 15.9. The first-order valence-corrected chi connectivity index (χ1v) is 10.9. The molecular formula is C17H38NO6P. The van der Waals surface area contributed by atoms with E-state index in [0.717, 1.165) is 12.8 Å². The Balaban J connectivity index is 3.58. The van der Waals surface area contributed by atoms with Gasteiger partial charge in [-0.1, -0.05) is 51.9 Å². The number of aliphatic hydroxyl groups excluding tert-OH is 1. The summed E-state index contributed by atoms with van der Waals surface area (Å²) in [6.07, 6.45) is 9.37. The molecule has 0 spiro atoms. The minimum atomic E-state index is -4.67. The number of phosphoric ester groups is 1. The summed E-state index contributed by atoms with van der Waals surface area (Å²) in [6.45, 7) is 3.83.